The van der Waals surface area contributed by atoms with Gasteiger partial charge in [-0.15, -0.1) is 0 Å². The van der Waals surface area contributed by atoms with Crippen LogP contribution >= 0.6 is 0 Å². The van der Waals surface area contributed by atoms with Gasteiger partial charge < -0.3 is 25.7 Å². The molecule has 0 aromatic rings. The van der Waals surface area contributed by atoms with Crippen molar-refractivity contribution in [2.75, 3.05) is 6.61 Å². The average Bonchev–Trinajstić information content (AvgIpc) is 3.41. The molecule has 0 aromatic heterocycles. The Kier molecular flexibility index (Phi) is 61.6. The minimum absolute atomic E-state index is 0.364. The SMILES string of the molecule is CCCCCCCCCCCCCC/C=C\CCCCCCCCCCCCCC(O)C(=O)NC(CO)C(O)C(O)CCC/C=C/CCCCCCCCCCCCCCCCCCCCCCCCCCCC. The van der Waals surface area contributed by atoms with E-state index in [0.717, 1.165) is 38.5 Å². The number of carbonyl (C=O) groups is 1. The Morgan fingerprint density at radius 1 is 0.324 bits per heavy atom. The van der Waals surface area contributed by atoms with Gasteiger partial charge in [0.1, 0.15) is 12.2 Å². The number of nitrogens with one attached hydrogen (secondary N) is 1. The molecule has 0 saturated carbocycles. The second-order valence-corrected chi connectivity index (χ2v) is 23.5. The van der Waals surface area contributed by atoms with Crippen LogP contribution in [0.2, 0.25) is 0 Å². The van der Waals surface area contributed by atoms with Crippen LogP contribution in [0.1, 0.15) is 373 Å². The summed E-state index contributed by atoms with van der Waals surface area (Å²) in [5.41, 5.74) is 0. The largest absolute Gasteiger partial charge is 0.394 e. The van der Waals surface area contributed by atoms with Crippen LogP contribution < -0.4 is 5.32 Å². The summed E-state index contributed by atoms with van der Waals surface area (Å²) in [5.74, 6) is -0.588. The van der Waals surface area contributed by atoms with Crippen LogP contribution in [0.4, 0.5) is 0 Å². The molecular formula is C68H133NO5. The zero-order chi connectivity index (χ0) is 53.7. The predicted molar refractivity (Wildman–Crippen MR) is 325 cm³/mol. The van der Waals surface area contributed by atoms with Crippen molar-refractivity contribution in [1.82, 2.24) is 5.32 Å². The van der Waals surface area contributed by atoms with Crippen LogP contribution in [0.3, 0.4) is 0 Å². The molecule has 0 radical (unpaired) electrons. The molecule has 0 aliphatic heterocycles. The second kappa shape index (κ2) is 62.6. The van der Waals surface area contributed by atoms with Gasteiger partial charge in [-0.3, -0.25) is 4.79 Å². The van der Waals surface area contributed by atoms with Crippen LogP contribution in [0.5, 0.6) is 0 Å². The molecule has 5 N–H and O–H groups in total. The Bertz CT molecular complexity index is 1130. The van der Waals surface area contributed by atoms with Gasteiger partial charge in [-0.05, 0) is 64.2 Å². The average molecular weight is 1040 g/mol. The number of aliphatic hydroxyl groups excluding tert-OH is 4. The van der Waals surface area contributed by atoms with E-state index in [2.05, 4.69) is 43.5 Å². The molecular weight excluding hydrogens is 911 g/mol. The Balaban J connectivity index is 3.58. The van der Waals surface area contributed by atoms with Gasteiger partial charge in [0, 0.05) is 0 Å². The first-order chi connectivity index (χ1) is 36.5. The molecule has 0 spiro atoms. The van der Waals surface area contributed by atoms with Crippen LogP contribution in [0.15, 0.2) is 24.3 Å². The van der Waals surface area contributed by atoms with Gasteiger partial charge in [-0.25, -0.2) is 0 Å². The van der Waals surface area contributed by atoms with Crippen molar-refractivity contribution in [3.63, 3.8) is 0 Å². The Morgan fingerprint density at radius 2 is 0.554 bits per heavy atom. The van der Waals surface area contributed by atoms with Gasteiger partial charge in [0.05, 0.1) is 18.8 Å². The standard InChI is InChI=1S/C68H133NO5/c1-3-5-7-9-11-13-15-17-19-21-23-25-27-29-31-32-33-34-36-37-39-41-43-45-47-49-51-53-55-57-59-61-65(71)67(73)64(63-70)69-68(74)66(72)62-60-58-56-54-52-50-48-46-44-42-40-38-35-30-28-26-24-22-20-18-16-14-12-10-8-6-4-2/h30,35,53,55,64-67,70-73H,3-29,31-34,36-52,54,56-63H2,1-2H3,(H,69,74)/b35-30-,55-53+. The molecule has 0 aliphatic carbocycles. The molecule has 440 valence electrons. The summed E-state index contributed by atoms with van der Waals surface area (Å²) in [4.78, 5) is 12.6. The van der Waals surface area contributed by atoms with E-state index in [-0.39, 0.29) is 0 Å². The number of amides is 1. The molecule has 0 saturated heterocycles. The summed E-state index contributed by atoms with van der Waals surface area (Å²) in [6.45, 7) is 4.10. The normalized spacial score (nSPS) is 13.6. The van der Waals surface area contributed by atoms with Gasteiger partial charge in [-0.2, -0.15) is 0 Å². The number of hydrogen-bond acceptors (Lipinski definition) is 5. The molecule has 74 heavy (non-hydrogen) atoms. The van der Waals surface area contributed by atoms with Gasteiger partial charge in [0.15, 0.2) is 0 Å². The van der Waals surface area contributed by atoms with Crippen molar-refractivity contribution >= 4 is 5.91 Å². The third kappa shape index (κ3) is 55.5. The molecule has 0 aliphatic rings. The van der Waals surface area contributed by atoms with Crippen LogP contribution in [0, 0.1) is 0 Å². The summed E-state index contributed by atoms with van der Waals surface area (Å²) >= 11 is 0. The van der Waals surface area contributed by atoms with E-state index in [0.29, 0.717) is 12.8 Å². The highest BCUT2D eigenvalue weighted by atomic mass is 16.3. The van der Waals surface area contributed by atoms with E-state index >= 15 is 0 Å². The first-order valence-corrected chi connectivity index (χ1v) is 33.7. The van der Waals surface area contributed by atoms with E-state index in [9.17, 15) is 25.2 Å². The van der Waals surface area contributed by atoms with E-state index < -0.39 is 36.9 Å². The Hall–Kier alpha value is -1.21. The Morgan fingerprint density at radius 3 is 0.811 bits per heavy atom. The number of allylic oxidation sites excluding steroid dienone is 4. The van der Waals surface area contributed by atoms with Gasteiger partial charge in [0.25, 0.3) is 0 Å². The fourth-order valence-electron chi connectivity index (χ4n) is 10.9. The predicted octanol–water partition coefficient (Wildman–Crippen LogP) is 20.5. The first-order valence-electron chi connectivity index (χ1n) is 33.7. The van der Waals surface area contributed by atoms with Crippen molar-refractivity contribution in [2.24, 2.45) is 0 Å². The topological polar surface area (TPSA) is 110 Å². The smallest absolute Gasteiger partial charge is 0.249 e. The lowest BCUT2D eigenvalue weighted by atomic mass is 10.00. The monoisotopic (exact) mass is 1040 g/mol. The zero-order valence-electron chi connectivity index (χ0n) is 50.1. The lowest BCUT2D eigenvalue weighted by Gasteiger charge is -2.27. The number of carbonyl (C=O) groups excluding carboxylic acids is 1. The summed E-state index contributed by atoms with van der Waals surface area (Å²) in [5, 5.41) is 44.2. The highest BCUT2D eigenvalue weighted by Gasteiger charge is 2.28. The summed E-state index contributed by atoms with van der Waals surface area (Å²) in [7, 11) is 0. The number of aliphatic hydroxyl groups is 4. The molecule has 4 unspecified atom stereocenters. The van der Waals surface area contributed by atoms with Crippen LogP contribution in [-0.2, 0) is 4.79 Å². The Labute approximate surface area is 463 Å². The molecule has 6 nitrogen and oxygen atoms in total. The van der Waals surface area contributed by atoms with E-state index in [1.165, 1.54) is 308 Å². The van der Waals surface area contributed by atoms with E-state index in [1.807, 2.05) is 0 Å². The number of unbranched alkanes of at least 4 members (excludes halogenated alkanes) is 50. The minimum atomic E-state index is -1.28. The second-order valence-electron chi connectivity index (χ2n) is 23.5. The van der Waals surface area contributed by atoms with Crippen molar-refractivity contribution in [3.05, 3.63) is 24.3 Å². The van der Waals surface area contributed by atoms with Crippen molar-refractivity contribution < 1.29 is 25.2 Å². The fraction of sp³-hybridized carbons (Fsp3) is 0.926. The van der Waals surface area contributed by atoms with Crippen molar-refractivity contribution in [3.8, 4) is 0 Å². The fourth-order valence-corrected chi connectivity index (χ4v) is 10.9. The highest BCUT2D eigenvalue weighted by Crippen LogP contribution is 2.19. The minimum Gasteiger partial charge on any atom is -0.394 e. The van der Waals surface area contributed by atoms with Crippen LogP contribution in [0.25, 0.3) is 0 Å². The summed E-state index contributed by atoms with van der Waals surface area (Å²) in [6, 6.07) is -1.00. The summed E-state index contributed by atoms with van der Waals surface area (Å²) in [6.07, 6.45) is 78.7. The molecule has 4 atom stereocenters. The maximum absolute atomic E-state index is 12.6. The third-order valence-electron chi connectivity index (χ3n) is 16.1. The van der Waals surface area contributed by atoms with Crippen LogP contribution in [-0.4, -0.2) is 57.3 Å². The lowest BCUT2D eigenvalue weighted by Crippen LogP contribution is -2.53. The molecule has 0 aromatic carbocycles. The van der Waals surface area contributed by atoms with E-state index in [4.69, 9.17) is 0 Å². The zero-order valence-corrected chi connectivity index (χ0v) is 50.1. The molecule has 0 fully saturated rings. The molecule has 1 amide bonds. The molecule has 0 rings (SSSR count). The first kappa shape index (κ1) is 72.8. The molecule has 0 heterocycles. The molecule has 6 heteroatoms. The van der Waals surface area contributed by atoms with Crippen molar-refractivity contribution in [1.29, 1.82) is 0 Å². The lowest BCUT2D eigenvalue weighted by molar-refractivity contribution is -0.132. The number of rotatable bonds is 63. The molecule has 0 bridgehead atoms. The van der Waals surface area contributed by atoms with Gasteiger partial charge in [0.2, 0.25) is 5.91 Å². The maximum Gasteiger partial charge on any atom is 0.249 e. The van der Waals surface area contributed by atoms with E-state index in [1.54, 1.807) is 0 Å². The van der Waals surface area contributed by atoms with Gasteiger partial charge in [-0.1, -0.05) is 334 Å². The summed E-state index contributed by atoms with van der Waals surface area (Å²) < 4.78 is 0. The van der Waals surface area contributed by atoms with Crippen molar-refractivity contribution in [2.45, 2.75) is 398 Å². The number of hydrogen-bond donors (Lipinski definition) is 5. The maximum atomic E-state index is 12.6. The van der Waals surface area contributed by atoms with Gasteiger partial charge >= 0.3 is 0 Å². The quantitative estimate of drug-likeness (QED) is 0.0308. The highest BCUT2D eigenvalue weighted by molar-refractivity contribution is 5.80. The third-order valence-corrected chi connectivity index (χ3v) is 16.1.